The lowest BCUT2D eigenvalue weighted by atomic mass is 9.91. The quantitative estimate of drug-likeness (QED) is 0.719. The van der Waals surface area contributed by atoms with E-state index >= 15 is 0 Å². The predicted molar refractivity (Wildman–Crippen MR) is 94.0 cm³/mol. The van der Waals surface area contributed by atoms with Gasteiger partial charge in [0.05, 0.1) is 11.5 Å². The third kappa shape index (κ3) is 3.44. The second kappa shape index (κ2) is 6.39. The van der Waals surface area contributed by atoms with Gasteiger partial charge in [0, 0.05) is 6.04 Å². The maximum Gasteiger partial charge on any atom is 0.325 e. The molecule has 2 atom stereocenters. The van der Waals surface area contributed by atoms with Crippen molar-refractivity contribution in [1.29, 1.82) is 0 Å². The van der Waals surface area contributed by atoms with Crippen molar-refractivity contribution in [3.63, 3.8) is 0 Å². The van der Waals surface area contributed by atoms with Gasteiger partial charge in [-0.2, -0.15) is 0 Å². The Morgan fingerprint density at radius 3 is 2.54 bits per heavy atom. The highest BCUT2D eigenvalue weighted by atomic mass is 32.2. The molecule has 2 aliphatic heterocycles. The number of sulfone groups is 1. The van der Waals surface area contributed by atoms with Gasteiger partial charge in [-0.25, -0.2) is 13.2 Å². The Morgan fingerprint density at radius 1 is 1.31 bits per heavy atom. The molecule has 0 spiro atoms. The maximum absolute atomic E-state index is 12.8. The van der Waals surface area contributed by atoms with Crippen LogP contribution in [0.15, 0.2) is 24.3 Å². The van der Waals surface area contributed by atoms with Gasteiger partial charge in [-0.1, -0.05) is 29.8 Å². The van der Waals surface area contributed by atoms with E-state index in [9.17, 15) is 22.8 Å². The van der Waals surface area contributed by atoms with Crippen molar-refractivity contribution < 1.29 is 22.8 Å². The summed E-state index contributed by atoms with van der Waals surface area (Å²) in [5.41, 5.74) is 0.421. The van der Waals surface area contributed by atoms with Crippen LogP contribution in [0.3, 0.4) is 0 Å². The van der Waals surface area contributed by atoms with Crippen LogP contribution in [0.5, 0.6) is 0 Å². The van der Waals surface area contributed by atoms with Crippen molar-refractivity contribution in [3.8, 4) is 0 Å². The lowest BCUT2D eigenvalue weighted by molar-refractivity contribution is -0.135. The van der Waals surface area contributed by atoms with E-state index in [-0.39, 0.29) is 11.5 Å². The van der Waals surface area contributed by atoms with Crippen LogP contribution in [0.2, 0.25) is 0 Å². The van der Waals surface area contributed by atoms with Crippen LogP contribution in [0.4, 0.5) is 4.79 Å². The summed E-state index contributed by atoms with van der Waals surface area (Å²) in [5, 5.41) is 5.22. The molecule has 0 saturated carbocycles. The molecule has 2 aliphatic rings. The summed E-state index contributed by atoms with van der Waals surface area (Å²) >= 11 is 0. The molecule has 2 heterocycles. The Bertz CT molecular complexity index is 865. The molecule has 3 rings (SSSR count). The Morgan fingerprint density at radius 2 is 1.96 bits per heavy atom. The zero-order chi connectivity index (χ0) is 19.1. The third-order valence-corrected chi connectivity index (χ3v) is 6.57. The van der Waals surface area contributed by atoms with E-state index in [1.54, 1.807) is 19.1 Å². The first-order valence-electron chi connectivity index (χ1n) is 8.32. The second-order valence-electron chi connectivity index (χ2n) is 6.98. The van der Waals surface area contributed by atoms with Crippen LogP contribution in [-0.2, 0) is 25.0 Å². The number of hydrogen-bond acceptors (Lipinski definition) is 5. The number of aryl methyl sites for hydroxylation is 1. The molecule has 2 saturated heterocycles. The minimum Gasteiger partial charge on any atom is -0.351 e. The smallest absolute Gasteiger partial charge is 0.325 e. The molecule has 2 fully saturated rings. The maximum atomic E-state index is 12.8. The Kier molecular flexibility index (Phi) is 4.51. The van der Waals surface area contributed by atoms with Crippen LogP contribution in [0.1, 0.15) is 24.5 Å². The summed E-state index contributed by atoms with van der Waals surface area (Å²) in [6, 6.07) is 6.09. The van der Waals surface area contributed by atoms with Gasteiger partial charge in [0.2, 0.25) is 5.91 Å². The van der Waals surface area contributed by atoms with E-state index in [1.165, 1.54) is 0 Å². The fourth-order valence-corrected chi connectivity index (χ4v) is 4.92. The summed E-state index contributed by atoms with van der Waals surface area (Å²) in [5.74, 6) is -1.14. The molecule has 0 bridgehead atoms. The highest BCUT2D eigenvalue weighted by molar-refractivity contribution is 7.91. The molecule has 4 amide bonds. The molecule has 0 radical (unpaired) electrons. The average Bonchev–Trinajstić information content (AvgIpc) is 3.00. The average molecular weight is 379 g/mol. The molecule has 9 heteroatoms. The number of benzene rings is 1. The molecule has 0 aliphatic carbocycles. The highest BCUT2D eigenvalue weighted by Gasteiger charge is 2.49. The monoisotopic (exact) mass is 379 g/mol. The SMILES string of the molecule is Cc1ccc([C@@]2(C)NC(=O)N(CC(=O)N[C@H]3CCS(=O)(=O)C3)C2=O)cc1. The number of carbonyl (C=O) groups is 3. The van der Waals surface area contributed by atoms with Gasteiger partial charge in [-0.05, 0) is 25.8 Å². The fourth-order valence-electron chi connectivity index (χ4n) is 3.25. The van der Waals surface area contributed by atoms with Crippen molar-refractivity contribution in [3.05, 3.63) is 35.4 Å². The predicted octanol–water partition coefficient (Wildman–Crippen LogP) is 0.0653. The van der Waals surface area contributed by atoms with Gasteiger partial charge in [-0.15, -0.1) is 0 Å². The summed E-state index contributed by atoms with van der Waals surface area (Å²) < 4.78 is 22.9. The molecule has 26 heavy (non-hydrogen) atoms. The number of carbonyl (C=O) groups excluding carboxylic acids is 3. The second-order valence-corrected chi connectivity index (χ2v) is 9.21. The van der Waals surface area contributed by atoms with Gasteiger partial charge < -0.3 is 10.6 Å². The van der Waals surface area contributed by atoms with Crippen molar-refractivity contribution in [2.45, 2.75) is 31.8 Å². The summed E-state index contributed by atoms with van der Waals surface area (Å²) in [4.78, 5) is 38.0. The number of imide groups is 1. The van der Waals surface area contributed by atoms with Crippen molar-refractivity contribution in [1.82, 2.24) is 15.5 Å². The van der Waals surface area contributed by atoms with Crippen LogP contribution < -0.4 is 10.6 Å². The molecule has 8 nitrogen and oxygen atoms in total. The van der Waals surface area contributed by atoms with Crippen molar-refractivity contribution in [2.24, 2.45) is 0 Å². The molecule has 0 unspecified atom stereocenters. The Labute approximate surface area is 151 Å². The Balaban J connectivity index is 1.69. The number of nitrogens with zero attached hydrogens (tertiary/aromatic N) is 1. The van der Waals surface area contributed by atoms with E-state index in [0.717, 1.165) is 10.5 Å². The first-order chi connectivity index (χ1) is 12.1. The zero-order valence-electron chi connectivity index (χ0n) is 14.6. The first kappa shape index (κ1) is 18.4. The summed E-state index contributed by atoms with van der Waals surface area (Å²) in [7, 11) is -3.12. The standard InChI is InChI=1S/C17H21N3O5S/c1-11-3-5-12(6-4-11)17(2)15(22)20(16(23)19-17)9-14(21)18-13-7-8-26(24,25)10-13/h3-6,13H,7-10H2,1-2H3,(H,18,21)(H,19,23)/t13-,17+/m0/s1. The van der Waals surface area contributed by atoms with Crippen molar-refractivity contribution in [2.75, 3.05) is 18.1 Å². The molecular weight excluding hydrogens is 358 g/mol. The van der Waals surface area contributed by atoms with Gasteiger partial charge in [0.25, 0.3) is 5.91 Å². The normalized spacial score (nSPS) is 27.5. The van der Waals surface area contributed by atoms with Crippen LogP contribution in [0, 0.1) is 6.92 Å². The number of amides is 4. The lowest BCUT2D eigenvalue weighted by Crippen LogP contribution is -2.45. The van der Waals surface area contributed by atoms with E-state index in [1.807, 2.05) is 19.1 Å². The molecule has 2 N–H and O–H groups in total. The van der Waals surface area contributed by atoms with Gasteiger partial charge in [0.15, 0.2) is 9.84 Å². The number of rotatable bonds is 4. The molecule has 1 aromatic rings. The van der Waals surface area contributed by atoms with E-state index in [2.05, 4.69) is 10.6 Å². The topological polar surface area (TPSA) is 113 Å². The van der Waals surface area contributed by atoms with Crippen molar-refractivity contribution >= 4 is 27.7 Å². The fraction of sp³-hybridized carbons (Fsp3) is 0.471. The molecular formula is C17H21N3O5S. The van der Waals surface area contributed by atoms with Gasteiger partial charge in [-0.3, -0.25) is 14.5 Å². The molecule has 140 valence electrons. The van der Waals surface area contributed by atoms with E-state index in [4.69, 9.17) is 0 Å². The number of nitrogens with one attached hydrogen (secondary N) is 2. The minimum absolute atomic E-state index is 0.0343. The van der Waals surface area contributed by atoms with E-state index in [0.29, 0.717) is 12.0 Å². The number of hydrogen-bond donors (Lipinski definition) is 2. The summed E-state index contributed by atoms with van der Waals surface area (Å²) in [6.45, 7) is 3.07. The minimum atomic E-state index is -3.12. The highest BCUT2D eigenvalue weighted by Crippen LogP contribution is 2.28. The van der Waals surface area contributed by atoms with Crippen LogP contribution >= 0.6 is 0 Å². The van der Waals surface area contributed by atoms with E-state index < -0.39 is 45.8 Å². The largest absolute Gasteiger partial charge is 0.351 e. The zero-order valence-corrected chi connectivity index (χ0v) is 15.4. The van der Waals surface area contributed by atoms with Gasteiger partial charge in [0.1, 0.15) is 12.1 Å². The lowest BCUT2D eigenvalue weighted by Gasteiger charge is -2.22. The van der Waals surface area contributed by atoms with Crippen LogP contribution in [0.25, 0.3) is 0 Å². The Hall–Kier alpha value is -2.42. The van der Waals surface area contributed by atoms with Gasteiger partial charge >= 0.3 is 6.03 Å². The third-order valence-electron chi connectivity index (χ3n) is 4.80. The summed E-state index contributed by atoms with van der Waals surface area (Å²) in [6.07, 6.45) is 0.343. The molecule has 0 aromatic heterocycles. The first-order valence-corrected chi connectivity index (χ1v) is 10.1. The number of urea groups is 1. The molecule has 1 aromatic carbocycles. The van der Waals surface area contributed by atoms with Crippen LogP contribution in [-0.4, -0.2) is 55.3 Å².